The summed E-state index contributed by atoms with van der Waals surface area (Å²) in [6.07, 6.45) is 1.51. The molecule has 1 aromatic heterocycles. The number of anilines is 2. The summed E-state index contributed by atoms with van der Waals surface area (Å²) in [6.45, 7) is 2.69. The van der Waals surface area contributed by atoms with E-state index in [1.54, 1.807) is 6.07 Å². The Bertz CT molecular complexity index is 570. The van der Waals surface area contributed by atoms with Crippen LogP contribution in [0, 0.1) is 0 Å². The summed E-state index contributed by atoms with van der Waals surface area (Å²) in [4.78, 5) is 1.94. The normalized spacial score (nSPS) is 11.3. The highest BCUT2D eigenvalue weighted by Crippen LogP contribution is 2.25. The van der Waals surface area contributed by atoms with Gasteiger partial charge in [-0.1, -0.05) is 23.4 Å². The van der Waals surface area contributed by atoms with Gasteiger partial charge in [-0.25, -0.2) is 0 Å². The van der Waals surface area contributed by atoms with E-state index in [2.05, 4.69) is 15.4 Å². The van der Waals surface area contributed by atoms with Crippen molar-refractivity contribution in [3.8, 4) is 0 Å². The first-order valence-corrected chi connectivity index (χ1v) is 5.90. The smallest absolute Gasteiger partial charge is 0.173 e. The maximum Gasteiger partial charge on any atom is 0.173 e. The molecule has 0 saturated carbocycles. The van der Waals surface area contributed by atoms with Gasteiger partial charge in [-0.3, -0.25) is 0 Å². The van der Waals surface area contributed by atoms with Crippen LogP contribution in [-0.4, -0.2) is 27.8 Å². The number of hydrogen-bond acceptors (Lipinski definition) is 5. The van der Waals surface area contributed by atoms with E-state index >= 15 is 0 Å². The zero-order valence-electron chi connectivity index (χ0n) is 10.6. The van der Waals surface area contributed by atoms with Crippen molar-refractivity contribution >= 4 is 17.3 Å². The third-order valence-electron chi connectivity index (χ3n) is 2.72. The van der Waals surface area contributed by atoms with Crippen LogP contribution in [0.3, 0.4) is 0 Å². The number of hydrogen-bond donors (Lipinski definition) is 2. The van der Waals surface area contributed by atoms with E-state index in [0.717, 1.165) is 5.69 Å². The number of oxime groups is 1. The Morgan fingerprint density at radius 2 is 2.05 bits per heavy atom. The topological polar surface area (TPSA) is 87.6 Å². The lowest BCUT2D eigenvalue weighted by Gasteiger charge is -2.23. The number of aromatic nitrogens is 2. The molecule has 0 amide bonds. The highest BCUT2D eigenvalue weighted by molar-refractivity contribution is 6.01. The second-order valence-electron chi connectivity index (χ2n) is 3.83. The van der Waals surface area contributed by atoms with Crippen LogP contribution < -0.4 is 10.6 Å². The van der Waals surface area contributed by atoms with E-state index in [1.807, 2.05) is 42.2 Å². The molecule has 2 aromatic rings. The highest BCUT2D eigenvalue weighted by atomic mass is 16.4. The van der Waals surface area contributed by atoms with Crippen molar-refractivity contribution in [2.45, 2.75) is 6.92 Å². The van der Waals surface area contributed by atoms with E-state index < -0.39 is 0 Å². The van der Waals surface area contributed by atoms with Gasteiger partial charge < -0.3 is 15.8 Å². The Morgan fingerprint density at radius 1 is 1.32 bits per heavy atom. The second kappa shape index (κ2) is 5.81. The fourth-order valence-corrected chi connectivity index (χ4v) is 1.84. The Labute approximate surface area is 111 Å². The lowest BCUT2D eigenvalue weighted by Crippen LogP contribution is -2.24. The zero-order valence-corrected chi connectivity index (χ0v) is 10.6. The maximum absolute atomic E-state index is 8.83. The number of benzene rings is 1. The summed E-state index contributed by atoms with van der Waals surface area (Å²) >= 11 is 0. The van der Waals surface area contributed by atoms with Gasteiger partial charge in [0.1, 0.15) is 0 Å². The molecule has 0 aliphatic rings. The van der Waals surface area contributed by atoms with Gasteiger partial charge in [-0.15, -0.1) is 5.10 Å². The lowest BCUT2D eigenvalue weighted by molar-refractivity contribution is 0.318. The molecular formula is C13H15N5O. The molecule has 0 aliphatic carbocycles. The predicted octanol–water partition coefficient (Wildman–Crippen LogP) is 1.73. The van der Waals surface area contributed by atoms with Crippen molar-refractivity contribution in [1.82, 2.24) is 10.2 Å². The maximum atomic E-state index is 8.83. The van der Waals surface area contributed by atoms with Crippen LogP contribution in [0.2, 0.25) is 0 Å². The third-order valence-corrected chi connectivity index (χ3v) is 2.72. The quantitative estimate of drug-likeness (QED) is 0.377. The monoisotopic (exact) mass is 257 g/mol. The molecule has 1 heterocycles. The molecule has 0 fully saturated rings. The number of rotatable bonds is 4. The SMILES string of the molecule is CCN(c1ccccc1)c1nnccc1/C(N)=N/O. The number of nitrogens with zero attached hydrogens (tertiary/aromatic N) is 4. The standard InChI is InChI=1S/C13H15N5O/c1-2-18(10-6-4-3-5-7-10)13-11(12(14)17-19)8-9-15-16-13/h3-9,19H,2H2,1H3,(H2,14,17). The molecule has 0 spiro atoms. The molecule has 3 N–H and O–H groups in total. The Morgan fingerprint density at radius 3 is 2.68 bits per heavy atom. The Hall–Kier alpha value is -2.63. The average Bonchev–Trinajstić information content (AvgIpc) is 2.49. The van der Waals surface area contributed by atoms with Gasteiger partial charge in [-0.2, -0.15) is 5.10 Å². The first-order valence-electron chi connectivity index (χ1n) is 5.90. The van der Waals surface area contributed by atoms with Gasteiger partial charge in [0.15, 0.2) is 11.7 Å². The summed E-state index contributed by atoms with van der Waals surface area (Å²) in [5.74, 6) is 0.575. The van der Waals surface area contributed by atoms with Gasteiger partial charge in [0.05, 0.1) is 11.8 Å². The van der Waals surface area contributed by atoms with Crippen molar-refractivity contribution in [3.63, 3.8) is 0 Å². The van der Waals surface area contributed by atoms with Crippen LogP contribution in [0.15, 0.2) is 47.8 Å². The van der Waals surface area contributed by atoms with E-state index in [0.29, 0.717) is 17.9 Å². The third kappa shape index (κ3) is 2.62. The van der Waals surface area contributed by atoms with Gasteiger partial charge in [0.25, 0.3) is 0 Å². The summed E-state index contributed by atoms with van der Waals surface area (Å²) in [5.41, 5.74) is 7.19. The fourth-order valence-electron chi connectivity index (χ4n) is 1.84. The summed E-state index contributed by atoms with van der Waals surface area (Å²) in [5, 5.41) is 19.8. The van der Waals surface area contributed by atoms with Gasteiger partial charge >= 0.3 is 0 Å². The first kappa shape index (κ1) is 12.8. The average molecular weight is 257 g/mol. The van der Waals surface area contributed by atoms with E-state index in [4.69, 9.17) is 10.9 Å². The van der Waals surface area contributed by atoms with Gasteiger partial charge in [0.2, 0.25) is 0 Å². The minimum atomic E-state index is 0.0132. The minimum absolute atomic E-state index is 0.0132. The van der Waals surface area contributed by atoms with E-state index in [9.17, 15) is 0 Å². The van der Waals surface area contributed by atoms with Crippen molar-refractivity contribution in [2.24, 2.45) is 10.9 Å². The molecule has 0 aliphatic heterocycles. The predicted molar refractivity (Wildman–Crippen MR) is 73.7 cm³/mol. The molecule has 0 bridgehead atoms. The molecule has 6 nitrogen and oxygen atoms in total. The fraction of sp³-hybridized carbons (Fsp3) is 0.154. The van der Waals surface area contributed by atoms with Crippen LogP contribution in [0.5, 0.6) is 0 Å². The van der Waals surface area contributed by atoms with Crippen LogP contribution in [0.4, 0.5) is 11.5 Å². The number of para-hydroxylation sites is 1. The molecule has 0 atom stereocenters. The Kier molecular flexibility index (Phi) is 3.92. The molecule has 19 heavy (non-hydrogen) atoms. The van der Waals surface area contributed by atoms with Crippen molar-refractivity contribution in [1.29, 1.82) is 0 Å². The van der Waals surface area contributed by atoms with Crippen LogP contribution in [-0.2, 0) is 0 Å². The molecular weight excluding hydrogens is 242 g/mol. The van der Waals surface area contributed by atoms with Crippen molar-refractivity contribution < 1.29 is 5.21 Å². The molecule has 0 unspecified atom stereocenters. The van der Waals surface area contributed by atoms with Gasteiger partial charge in [-0.05, 0) is 25.1 Å². The Balaban J connectivity index is 2.51. The lowest BCUT2D eigenvalue weighted by atomic mass is 10.2. The molecule has 0 saturated heterocycles. The molecule has 6 heteroatoms. The van der Waals surface area contributed by atoms with E-state index in [-0.39, 0.29) is 5.84 Å². The van der Waals surface area contributed by atoms with Crippen LogP contribution in [0.1, 0.15) is 12.5 Å². The van der Waals surface area contributed by atoms with Crippen molar-refractivity contribution in [2.75, 3.05) is 11.4 Å². The van der Waals surface area contributed by atoms with Gasteiger partial charge in [0, 0.05) is 12.2 Å². The van der Waals surface area contributed by atoms with Crippen LogP contribution >= 0.6 is 0 Å². The highest BCUT2D eigenvalue weighted by Gasteiger charge is 2.16. The molecule has 98 valence electrons. The molecule has 0 radical (unpaired) electrons. The number of nitrogens with two attached hydrogens (primary N) is 1. The van der Waals surface area contributed by atoms with E-state index in [1.165, 1.54) is 6.20 Å². The summed E-state index contributed by atoms with van der Waals surface area (Å²) < 4.78 is 0. The minimum Gasteiger partial charge on any atom is -0.409 e. The molecule has 2 rings (SSSR count). The number of amidine groups is 1. The van der Waals surface area contributed by atoms with Crippen LogP contribution in [0.25, 0.3) is 0 Å². The first-order chi connectivity index (χ1) is 9.27. The summed E-state index contributed by atoms with van der Waals surface area (Å²) in [6, 6.07) is 11.4. The zero-order chi connectivity index (χ0) is 13.7. The van der Waals surface area contributed by atoms with Crippen molar-refractivity contribution in [3.05, 3.63) is 48.2 Å². The molecule has 1 aromatic carbocycles. The largest absolute Gasteiger partial charge is 0.409 e. The second-order valence-corrected chi connectivity index (χ2v) is 3.83. The summed E-state index contributed by atoms with van der Waals surface area (Å²) in [7, 11) is 0.